The van der Waals surface area contributed by atoms with E-state index in [0.29, 0.717) is 11.5 Å². The summed E-state index contributed by atoms with van der Waals surface area (Å²) in [5, 5.41) is 2.60. The zero-order chi connectivity index (χ0) is 18.0. The monoisotopic (exact) mass is 338 g/mol. The van der Waals surface area contributed by atoms with Gasteiger partial charge in [0, 0.05) is 0 Å². The van der Waals surface area contributed by atoms with E-state index in [4.69, 9.17) is 0 Å². The summed E-state index contributed by atoms with van der Waals surface area (Å²) in [5.74, 6) is -0.311. The number of nitrogens with zero attached hydrogens (tertiary/aromatic N) is 1. The van der Waals surface area contributed by atoms with Crippen LogP contribution >= 0.6 is 0 Å². The van der Waals surface area contributed by atoms with Crippen LogP contribution < -0.4 is 5.32 Å². The second kappa shape index (κ2) is 6.89. The molecule has 5 heteroatoms. The van der Waals surface area contributed by atoms with E-state index in [1.165, 1.54) is 17.7 Å². The number of amides is 3. The summed E-state index contributed by atoms with van der Waals surface area (Å²) in [4.78, 5) is 25.7. The van der Waals surface area contributed by atoms with Crippen molar-refractivity contribution in [3.63, 3.8) is 0 Å². The van der Waals surface area contributed by atoms with Gasteiger partial charge in [-0.3, -0.25) is 9.69 Å². The molecule has 1 N–H and O–H groups in total. The molecule has 1 heterocycles. The van der Waals surface area contributed by atoms with Crippen LogP contribution in [-0.2, 0) is 11.3 Å². The molecule has 1 fully saturated rings. The maximum atomic E-state index is 13.0. The van der Waals surface area contributed by atoms with Gasteiger partial charge in [-0.15, -0.1) is 0 Å². The van der Waals surface area contributed by atoms with E-state index in [1.54, 1.807) is 18.2 Å². The van der Waals surface area contributed by atoms with Crippen LogP contribution in [0.25, 0.3) is 6.08 Å². The molecule has 2 aromatic rings. The molecule has 1 aliphatic heterocycles. The lowest BCUT2D eigenvalue weighted by Gasteiger charge is -2.11. The highest BCUT2D eigenvalue weighted by molar-refractivity contribution is 6.13. The summed E-state index contributed by atoms with van der Waals surface area (Å²) in [6.45, 7) is 4.33. The summed E-state index contributed by atoms with van der Waals surface area (Å²) in [6, 6.07) is 13.1. The fourth-order valence-electron chi connectivity index (χ4n) is 2.63. The lowest BCUT2D eigenvalue weighted by Crippen LogP contribution is -2.30. The van der Waals surface area contributed by atoms with E-state index in [1.807, 2.05) is 24.3 Å². The van der Waals surface area contributed by atoms with Crippen molar-refractivity contribution in [1.29, 1.82) is 0 Å². The number of rotatable bonds is 4. The normalized spacial score (nSPS) is 16.0. The molecule has 4 nitrogen and oxygen atoms in total. The molecule has 3 rings (SSSR count). The van der Waals surface area contributed by atoms with E-state index in [-0.39, 0.29) is 24.0 Å². The molecule has 3 amide bonds. The molecular weight excluding hydrogens is 319 g/mol. The Bertz CT molecular complexity index is 824. The summed E-state index contributed by atoms with van der Waals surface area (Å²) >= 11 is 0. The zero-order valence-corrected chi connectivity index (χ0v) is 14.1. The smallest absolute Gasteiger partial charge is 0.303 e. The minimum absolute atomic E-state index is 0.106. The molecule has 1 saturated heterocycles. The largest absolute Gasteiger partial charge is 0.329 e. The van der Waals surface area contributed by atoms with Crippen LogP contribution in [0.15, 0.2) is 54.2 Å². The predicted molar refractivity (Wildman–Crippen MR) is 94.0 cm³/mol. The molecule has 0 bridgehead atoms. The van der Waals surface area contributed by atoms with Crippen LogP contribution in [0.2, 0.25) is 0 Å². The number of nitrogens with one attached hydrogen (secondary N) is 1. The number of urea groups is 1. The second-order valence-electron chi connectivity index (χ2n) is 6.33. The van der Waals surface area contributed by atoms with Crippen molar-refractivity contribution in [3.05, 3.63) is 76.7 Å². The topological polar surface area (TPSA) is 49.4 Å². The van der Waals surface area contributed by atoms with Crippen LogP contribution in [0.5, 0.6) is 0 Å². The number of imide groups is 1. The highest BCUT2D eigenvalue weighted by Gasteiger charge is 2.33. The quantitative estimate of drug-likeness (QED) is 0.675. The SMILES string of the molecule is CC(C)c1ccc(/C=C2/NC(=O)N(Cc3ccc(F)cc3)C2=O)cc1. The highest BCUT2D eigenvalue weighted by Crippen LogP contribution is 2.19. The van der Waals surface area contributed by atoms with Gasteiger partial charge in [0.2, 0.25) is 0 Å². The molecule has 0 radical (unpaired) electrons. The van der Waals surface area contributed by atoms with Gasteiger partial charge in [0.15, 0.2) is 0 Å². The van der Waals surface area contributed by atoms with Crippen LogP contribution in [0.1, 0.15) is 36.5 Å². The van der Waals surface area contributed by atoms with Gasteiger partial charge in [-0.1, -0.05) is 50.2 Å². The molecule has 0 unspecified atom stereocenters. The van der Waals surface area contributed by atoms with Crippen LogP contribution in [0, 0.1) is 5.82 Å². The Hall–Kier alpha value is -2.95. The molecule has 0 atom stereocenters. The van der Waals surface area contributed by atoms with E-state index in [2.05, 4.69) is 19.2 Å². The average molecular weight is 338 g/mol. The molecule has 0 spiro atoms. The Morgan fingerprint density at radius 3 is 2.28 bits per heavy atom. The van der Waals surface area contributed by atoms with Gasteiger partial charge in [-0.25, -0.2) is 9.18 Å². The molecule has 128 valence electrons. The van der Waals surface area contributed by atoms with Crippen molar-refractivity contribution in [1.82, 2.24) is 10.2 Å². The second-order valence-corrected chi connectivity index (χ2v) is 6.33. The van der Waals surface area contributed by atoms with Crippen molar-refractivity contribution in [2.24, 2.45) is 0 Å². The Morgan fingerprint density at radius 1 is 1.04 bits per heavy atom. The molecule has 25 heavy (non-hydrogen) atoms. The lowest BCUT2D eigenvalue weighted by molar-refractivity contribution is -0.123. The molecule has 0 saturated carbocycles. The third-order valence-corrected chi connectivity index (χ3v) is 4.13. The van der Waals surface area contributed by atoms with E-state index in [9.17, 15) is 14.0 Å². The zero-order valence-electron chi connectivity index (χ0n) is 14.1. The highest BCUT2D eigenvalue weighted by atomic mass is 19.1. The minimum Gasteiger partial charge on any atom is -0.303 e. The van der Waals surface area contributed by atoms with Gasteiger partial charge in [-0.05, 0) is 40.8 Å². The van der Waals surface area contributed by atoms with Gasteiger partial charge < -0.3 is 5.32 Å². The molecule has 0 aromatic heterocycles. The average Bonchev–Trinajstić information content (AvgIpc) is 2.85. The van der Waals surface area contributed by atoms with Crippen molar-refractivity contribution >= 4 is 18.0 Å². The summed E-state index contributed by atoms with van der Waals surface area (Å²) < 4.78 is 13.0. The third-order valence-electron chi connectivity index (χ3n) is 4.13. The fourth-order valence-corrected chi connectivity index (χ4v) is 2.63. The molecule has 2 aromatic carbocycles. The molecular formula is C20H19FN2O2. The Balaban J connectivity index is 1.77. The van der Waals surface area contributed by atoms with Crippen molar-refractivity contribution in [2.75, 3.05) is 0 Å². The van der Waals surface area contributed by atoms with Gasteiger partial charge in [-0.2, -0.15) is 0 Å². The van der Waals surface area contributed by atoms with Gasteiger partial charge in [0.25, 0.3) is 5.91 Å². The first kappa shape index (κ1) is 16.9. The first-order valence-electron chi connectivity index (χ1n) is 8.13. The Kier molecular flexibility index (Phi) is 4.65. The summed E-state index contributed by atoms with van der Waals surface area (Å²) in [6.07, 6.45) is 1.66. The first-order valence-corrected chi connectivity index (χ1v) is 8.13. The number of benzene rings is 2. The fraction of sp³-hybridized carbons (Fsp3) is 0.200. The first-order chi connectivity index (χ1) is 11.9. The number of hydrogen-bond acceptors (Lipinski definition) is 2. The molecule has 1 aliphatic rings. The Morgan fingerprint density at radius 2 is 1.68 bits per heavy atom. The number of hydrogen-bond donors (Lipinski definition) is 1. The maximum absolute atomic E-state index is 13.0. The van der Waals surface area contributed by atoms with Crippen molar-refractivity contribution in [3.8, 4) is 0 Å². The minimum atomic E-state index is -0.473. The van der Waals surface area contributed by atoms with Gasteiger partial charge >= 0.3 is 6.03 Å². The third kappa shape index (κ3) is 3.76. The summed E-state index contributed by atoms with van der Waals surface area (Å²) in [5.41, 5.74) is 2.98. The Labute approximate surface area is 146 Å². The maximum Gasteiger partial charge on any atom is 0.329 e. The van der Waals surface area contributed by atoms with Crippen LogP contribution in [0.3, 0.4) is 0 Å². The van der Waals surface area contributed by atoms with Crippen molar-refractivity contribution in [2.45, 2.75) is 26.3 Å². The standard InChI is InChI=1S/C20H19FN2O2/c1-13(2)16-7-3-14(4-8-16)11-18-19(24)23(20(25)22-18)12-15-5-9-17(21)10-6-15/h3-11,13H,12H2,1-2H3,(H,22,25)/b18-11+. The number of carbonyl (C=O) groups is 2. The van der Waals surface area contributed by atoms with E-state index in [0.717, 1.165) is 10.5 Å². The summed E-state index contributed by atoms with van der Waals surface area (Å²) in [7, 11) is 0. The lowest BCUT2D eigenvalue weighted by atomic mass is 10.0. The molecule has 0 aliphatic carbocycles. The predicted octanol–water partition coefficient (Wildman–Crippen LogP) is 4.04. The van der Waals surface area contributed by atoms with Gasteiger partial charge in [0.1, 0.15) is 11.5 Å². The number of halogens is 1. The van der Waals surface area contributed by atoms with Gasteiger partial charge in [0.05, 0.1) is 6.54 Å². The van der Waals surface area contributed by atoms with Crippen LogP contribution in [0.4, 0.5) is 9.18 Å². The van der Waals surface area contributed by atoms with E-state index >= 15 is 0 Å². The number of carbonyl (C=O) groups excluding carboxylic acids is 2. The van der Waals surface area contributed by atoms with E-state index < -0.39 is 6.03 Å². The van der Waals surface area contributed by atoms with Crippen LogP contribution in [-0.4, -0.2) is 16.8 Å². The van der Waals surface area contributed by atoms with Crippen molar-refractivity contribution < 1.29 is 14.0 Å².